The minimum Gasteiger partial charge on any atom is -0.472 e. The predicted octanol–water partition coefficient (Wildman–Crippen LogP) is 4.03. The van der Waals surface area contributed by atoms with E-state index in [2.05, 4.69) is 74.0 Å². The molecule has 3 aromatic carbocycles. The minimum absolute atomic E-state index is 0.00435. The predicted molar refractivity (Wildman–Crippen MR) is 269 cm³/mol. The number of benzene rings is 3. The zero-order valence-corrected chi connectivity index (χ0v) is 44.7. The van der Waals surface area contributed by atoms with Crippen LogP contribution >= 0.6 is 34.8 Å². The first-order chi connectivity index (χ1) is 39.1. The van der Waals surface area contributed by atoms with Gasteiger partial charge in [-0.3, -0.25) is 33.7 Å². The molecule has 0 amide bonds. The molecule has 10 rings (SSSR count). The molecule has 0 spiro atoms. The Morgan fingerprint density at radius 3 is 1.53 bits per heavy atom. The largest absolute Gasteiger partial charge is 0.472 e. The van der Waals surface area contributed by atoms with Crippen LogP contribution in [0.15, 0.2) is 92.1 Å². The van der Waals surface area contributed by atoms with Gasteiger partial charge in [-0.1, -0.05) is 45.1 Å². The normalized spacial score (nSPS) is 14.2. The van der Waals surface area contributed by atoms with E-state index in [-0.39, 0.29) is 91.9 Å². The van der Waals surface area contributed by atoms with Gasteiger partial charge in [0.05, 0.1) is 64.8 Å². The first-order valence-corrected chi connectivity index (χ1v) is 26.4. The molecule has 5 aromatic heterocycles. The minimum atomic E-state index is -3.63. The van der Waals surface area contributed by atoms with Crippen LogP contribution in [0.1, 0.15) is 5.69 Å². The molecule has 0 unspecified atom stereocenters. The lowest BCUT2D eigenvalue weighted by Gasteiger charge is -2.26. The highest BCUT2D eigenvalue weighted by Gasteiger charge is 2.27. The molecule has 0 radical (unpaired) electrons. The average Bonchev–Trinajstić information content (AvgIpc) is 4.46. The fourth-order valence-corrected chi connectivity index (χ4v) is 7.97. The third-order valence-electron chi connectivity index (χ3n) is 10.9. The Labute approximate surface area is 467 Å². The third-order valence-corrected chi connectivity index (χ3v) is 12.4. The number of aliphatic imine (C=N–C) groups is 1. The zero-order chi connectivity index (χ0) is 57.5. The maximum Gasteiger partial charge on any atom is 0.446 e. The topological polar surface area (TPSA) is 353 Å². The van der Waals surface area contributed by atoms with Crippen molar-refractivity contribution in [2.75, 3.05) is 98.4 Å². The maximum atomic E-state index is 13.4. The van der Waals surface area contributed by atoms with Gasteiger partial charge in [-0.15, -0.1) is 0 Å². The van der Waals surface area contributed by atoms with Crippen LogP contribution in [0.5, 0.6) is 17.6 Å². The Bertz CT molecular complexity index is 3640. The summed E-state index contributed by atoms with van der Waals surface area (Å²) in [5, 5.41) is 38.1. The number of amidine groups is 1. The van der Waals surface area contributed by atoms with Crippen LogP contribution in [-0.4, -0.2) is 178 Å². The van der Waals surface area contributed by atoms with Gasteiger partial charge in [0.1, 0.15) is 43.9 Å². The summed E-state index contributed by atoms with van der Waals surface area (Å²) in [4.78, 5) is 32.6. The summed E-state index contributed by atoms with van der Waals surface area (Å²) in [7, 11) is -3.63. The first-order valence-electron chi connectivity index (χ1n) is 23.4. The fourth-order valence-electron chi connectivity index (χ4n) is 7.08. The van der Waals surface area contributed by atoms with E-state index >= 15 is 0 Å². The monoisotopic (exact) mass is 1220 g/mol. The molecule has 37 heteroatoms. The van der Waals surface area contributed by atoms with E-state index in [1.807, 2.05) is 5.48 Å². The number of nitrogens with zero attached hydrogens (tertiary/aromatic N) is 13. The van der Waals surface area contributed by atoms with Crippen LogP contribution in [0.3, 0.4) is 0 Å². The van der Waals surface area contributed by atoms with E-state index in [0.29, 0.717) is 58.4 Å². The number of ether oxygens (including phenoxy) is 5. The lowest BCUT2D eigenvalue weighted by Crippen LogP contribution is -2.38. The van der Waals surface area contributed by atoms with Crippen molar-refractivity contribution in [1.82, 2.24) is 65.7 Å². The van der Waals surface area contributed by atoms with E-state index in [9.17, 15) is 36.4 Å². The van der Waals surface area contributed by atoms with Crippen LogP contribution in [0, 0.1) is 17.5 Å². The molecule has 2 aliphatic heterocycles. The second-order valence-electron chi connectivity index (χ2n) is 16.3. The van der Waals surface area contributed by atoms with Gasteiger partial charge in [0.25, 0.3) is 27.8 Å². The van der Waals surface area contributed by atoms with Gasteiger partial charge < -0.3 is 23.7 Å². The van der Waals surface area contributed by atoms with E-state index < -0.39 is 39.1 Å². The van der Waals surface area contributed by atoms with Gasteiger partial charge in [-0.2, -0.15) is 8.42 Å². The molecular weight excluding hydrogens is 1180 g/mol. The molecule has 30 nitrogen and oxygen atoms in total. The van der Waals surface area contributed by atoms with Crippen molar-refractivity contribution in [3.05, 3.63) is 114 Å². The number of aromatic nitrogens is 10. The van der Waals surface area contributed by atoms with E-state index in [4.69, 9.17) is 67.6 Å². The van der Waals surface area contributed by atoms with Gasteiger partial charge in [0, 0.05) is 39.3 Å². The molecule has 81 heavy (non-hydrogen) atoms. The van der Waals surface area contributed by atoms with Crippen molar-refractivity contribution in [3.63, 3.8) is 0 Å². The summed E-state index contributed by atoms with van der Waals surface area (Å²) >= 11 is 17.3. The van der Waals surface area contributed by atoms with Crippen molar-refractivity contribution in [2.45, 2.75) is 0 Å². The van der Waals surface area contributed by atoms with Crippen molar-refractivity contribution >= 4 is 56.4 Å². The van der Waals surface area contributed by atoms with Crippen LogP contribution in [0.2, 0.25) is 15.1 Å². The number of hydrogen-bond donors (Lipinski definition) is 2. The number of hydroxylamine groups is 1. The van der Waals surface area contributed by atoms with E-state index in [1.54, 1.807) is 0 Å². The number of rotatable bonds is 19. The zero-order valence-electron chi connectivity index (χ0n) is 41.7. The summed E-state index contributed by atoms with van der Waals surface area (Å²) in [6.45, 7) is 7.60. The molecule has 2 N–H and O–H groups in total. The molecule has 0 aliphatic carbocycles. The second kappa shape index (κ2) is 28.1. The van der Waals surface area contributed by atoms with Gasteiger partial charge in [0.15, 0.2) is 5.84 Å². The highest BCUT2D eigenvalue weighted by Crippen LogP contribution is 2.30. The number of morpholine rings is 2. The van der Waals surface area contributed by atoms with Gasteiger partial charge in [-0.05, 0) is 85.5 Å². The van der Waals surface area contributed by atoms with Gasteiger partial charge >= 0.3 is 11.5 Å². The smallest absolute Gasteiger partial charge is 0.446 e. The Morgan fingerprint density at radius 1 is 0.617 bits per heavy atom. The molecule has 2 fully saturated rings. The van der Waals surface area contributed by atoms with Crippen LogP contribution < -0.4 is 31.2 Å². The van der Waals surface area contributed by atoms with Gasteiger partial charge in [-0.25, -0.2) is 50.8 Å². The molecule has 432 valence electrons. The summed E-state index contributed by atoms with van der Waals surface area (Å²) in [5.74, 6) is -3.86. The molecule has 2 saturated heterocycles. The fraction of sp³-hybridized carbons (Fsp3) is 0.341. The van der Waals surface area contributed by atoms with Gasteiger partial charge in [0.2, 0.25) is 28.7 Å². The van der Waals surface area contributed by atoms with E-state index in [0.717, 1.165) is 59.8 Å². The maximum absolute atomic E-state index is 13.4. The Morgan fingerprint density at radius 2 is 1.06 bits per heavy atom. The van der Waals surface area contributed by atoms with Crippen molar-refractivity contribution < 1.29 is 77.6 Å². The second-order valence-corrected chi connectivity index (χ2v) is 19.2. The highest BCUT2D eigenvalue weighted by molar-refractivity contribution is 7.85. The number of halogens is 6. The van der Waals surface area contributed by atoms with Crippen molar-refractivity contribution in [1.29, 1.82) is 0 Å². The quantitative estimate of drug-likeness (QED) is 0.0379. The Balaban J connectivity index is 0.000000159. The molecule has 7 heterocycles. The molecule has 0 atom stereocenters. The van der Waals surface area contributed by atoms with Crippen LogP contribution in [0.25, 0.3) is 34.4 Å². The molecule has 0 bridgehead atoms. The molecule has 8 aromatic rings. The molecular formula is C44H42Cl3F3N14O16S. The number of nitrogens with one attached hydrogen (secondary N) is 1. The number of hydrogen-bond acceptors (Lipinski definition) is 27. The summed E-state index contributed by atoms with van der Waals surface area (Å²) in [6.07, 6.45) is 0.887. The SMILES string of the molecule is CS(=O)(=O)OCCOc1nonc1-c1noc(=O)n1-c1ccc(F)c(Cl)c1.O=c1onc(-c2nonc2OCCN2CCOCC2)n1-c1ccc(F)c(Cl)c1.ONC(=Nc1ccc(F)c(Cl)c1)c1nonc1OCCN1CCOCC1. The van der Waals surface area contributed by atoms with Crippen LogP contribution in [0.4, 0.5) is 18.9 Å². The lowest BCUT2D eigenvalue weighted by molar-refractivity contribution is 0.0317. The van der Waals surface area contributed by atoms with Crippen molar-refractivity contribution in [3.8, 4) is 52.1 Å². The highest BCUT2D eigenvalue weighted by atomic mass is 35.5. The average molecular weight is 1220 g/mol. The molecule has 2 aliphatic rings. The van der Waals surface area contributed by atoms with E-state index in [1.165, 1.54) is 36.4 Å². The first kappa shape index (κ1) is 59.3. The Kier molecular flexibility index (Phi) is 20.6. The molecule has 0 saturated carbocycles. The lowest BCUT2D eigenvalue weighted by atomic mass is 10.3. The summed E-state index contributed by atoms with van der Waals surface area (Å²) < 4.78 is 119. The van der Waals surface area contributed by atoms with Crippen molar-refractivity contribution in [2.24, 2.45) is 4.99 Å². The Hall–Kier alpha value is -7.80. The van der Waals surface area contributed by atoms with Crippen LogP contribution in [-0.2, 0) is 23.8 Å². The standard InChI is InChI=1S/C16H15ClFN5O5.C15H17ClFN5O4.C13H10ClFN4O7S/c17-11-9-10(1-2-12(11)18)23-14(20-27-16(23)24)13-15(21-28-19-13)26-8-5-22-3-6-25-7-4-22;16-11-9-10(1-2-12(11)17)18-14(19-23)13-15(21-26-20-13)25-8-5-22-3-6-24-7-4-22;1-27(21,22)24-5-4-23-12-10(16-26-18-12)11-17-25-13(20)19(11)7-2-3-9(15)8(14)6-7/h1-2,9H,3-8H2;1-2,9,23H,3-8H2,(H,18,19);2-3,6H,4-5H2,1H3. The summed E-state index contributed by atoms with van der Waals surface area (Å²) in [6, 6.07) is 11.1. The summed E-state index contributed by atoms with van der Waals surface area (Å²) in [5.41, 5.74) is 2.65. The third kappa shape index (κ3) is 16.0.